The molecule has 9 nitrogen and oxygen atoms in total. The van der Waals surface area contributed by atoms with Crippen molar-refractivity contribution in [2.45, 2.75) is 65.0 Å². The van der Waals surface area contributed by atoms with Gasteiger partial charge in [-0.15, -0.1) is 10.2 Å². The summed E-state index contributed by atoms with van der Waals surface area (Å²) >= 11 is 1.31. The van der Waals surface area contributed by atoms with E-state index in [1.54, 1.807) is 6.92 Å². The van der Waals surface area contributed by atoms with Crippen LogP contribution in [0.4, 0.5) is 9.93 Å². The number of rotatable bonds is 4. The summed E-state index contributed by atoms with van der Waals surface area (Å²) in [4.78, 5) is 30.8. The summed E-state index contributed by atoms with van der Waals surface area (Å²) in [6.07, 6.45) is 4.29. The van der Waals surface area contributed by atoms with Crippen molar-refractivity contribution in [1.29, 1.82) is 0 Å². The first-order valence-electron chi connectivity index (χ1n) is 11.7. The van der Waals surface area contributed by atoms with Gasteiger partial charge in [-0.3, -0.25) is 0 Å². The predicted molar refractivity (Wildman–Crippen MR) is 122 cm³/mol. The number of nitrogens with zero attached hydrogens (tertiary/aromatic N) is 5. The lowest BCUT2D eigenvalue weighted by Gasteiger charge is -2.54. The average molecular weight is 466 g/mol. The third-order valence-electron chi connectivity index (χ3n) is 6.68. The summed E-state index contributed by atoms with van der Waals surface area (Å²) in [7, 11) is 0. The van der Waals surface area contributed by atoms with Crippen LogP contribution in [0.1, 0.15) is 63.2 Å². The average Bonchev–Trinajstić information content (AvgIpc) is 3.22. The van der Waals surface area contributed by atoms with Crippen molar-refractivity contribution in [3.8, 4) is 0 Å². The van der Waals surface area contributed by atoms with Gasteiger partial charge in [-0.2, -0.15) is 0 Å². The molecule has 178 valence electrons. The van der Waals surface area contributed by atoms with Gasteiger partial charge in [0.1, 0.15) is 5.60 Å². The van der Waals surface area contributed by atoms with Crippen molar-refractivity contribution in [2.75, 3.05) is 50.8 Å². The second kappa shape index (κ2) is 9.13. The SMILES string of the molecule is CCOC(=O)c1nnc(N2CCC(N3CCC4(CC3)CN(C(=O)OC(C)(C)C)C4)CC2)s1. The van der Waals surface area contributed by atoms with Crippen LogP contribution in [0.15, 0.2) is 0 Å². The fourth-order valence-corrected chi connectivity index (χ4v) is 5.73. The van der Waals surface area contributed by atoms with E-state index in [1.165, 1.54) is 11.3 Å². The Morgan fingerprint density at radius 3 is 2.34 bits per heavy atom. The van der Waals surface area contributed by atoms with Gasteiger partial charge in [-0.05, 0) is 66.5 Å². The Morgan fingerprint density at radius 2 is 1.75 bits per heavy atom. The number of carbonyl (C=O) groups is 2. The van der Waals surface area contributed by atoms with E-state index in [9.17, 15) is 9.59 Å². The molecule has 0 unspecified atom stereocenters. The van der Waals surface area contributed by atoms with E-state index in [4.69, 9.17) is 9.47 Å². The molecule has 0 radical (unpaired) electrons. The zero-order valence-electron chi connectivity index (χ0n) is 19.6. The van der Waals surface area contributed by atoms with Crippen molar-refractivity contribution in [3.63, 3.8) is 0 Å². The van der Waals surface area contributed by atoms with E-state index in [1.807, 2.05) is 25.7 Å². The Hall–Kier alpha value is -1.94. The Balaban J connectivity index is 1.20. The molecule has 1 aromatic heterocycles. The molecule has 0 saturated carbocycles. The van der Waals surface area contributed by atoms with Crippen LogP contribution in [-0.2, 0) is 9.47 Å². The van der Waals surface area contributed by atoms with Crippen LogP contribution in [0.25, 0.3) is 0 Å². The number of carbonyl (C=O) groups excluding carboxylic acids is 2. The van der Waals surface area contributed by atoms with Crippen LogP contribution in [0.5, 0.6) is 0 Å². The lowest BCUT2D eigenvalue weighted by Crippen LogP contribution is -2.63. The molecule has 1 spiro atoms. The number of hydrogen-bond donors (Lipinski definition) is 0. The number of hydrogen-bond acceptors (Lipinski definition) is 9. The summed E-state index contributed by atoms with van der Waals surface area (Å²) in [5.74, 6) is -0.394. The van der Waals surface area contributed by atoms with E-state index in [0.717, 1.165) is 70.1 Å². The summed E-state index contributed by atoms with van der Waals surface area (Å²) < 4.78 is 10.5. The molecule has 3 fully saturated rings. The van der Waals surface area contributed by atoms with E-state index in [-0.39, 0.29) is 11.5 Å². The summed E-state index contributed by atoms with van der Waals surface area (Å²) in [6, 6.07) is 0.586. The Morgan fingerprint density at radius 1 is 1.09 bits per heavy atom. The highest BCUT2D eigenvalue weighted by atomic mass is 32.1. The molecule has 0 bridgehead atoms. The van der Waals surface area contributed by atoms with Gasteiger partial charge in [0.2, 0.25) is 10.1 Å². The van der Waals surface area contributed by atoms with E-state index in [2.05, 4.69) is 20.0 Å². The number of amides is 1. The summed E-state index contributed by atoms with van der Waals surface area (Å²) in [5, 5.41) is 9.32. The standard InChI is InChI=1S/C22H35N5O4S/c1-5-30-18(28)17-23-24-19(32-17)26-10-6-16(7-11-26)25-12-8-22(9-13-25)14-27(15-22)20(29)31-21(2,3)4/h16H,5-15H2,1-4H3. The molecule has 0 aromatic carbocycles. The molecule has 32 heavy (non-hydrogen) atoms. The largest absolute Gasteiger partial charge is 0.461 e. The van der Waals surface area contributed by atoms with Crippen LogP contribution in [-0.4, -0.2) is 89.6 Å². The zero-order chi connectivity index (χ0) is 22.9. The minimum absolute atomic E-state index is 0.180. The number of piperidine rings is 2. The number of likely N-dealkylation sites (tertiary alicyclic amines) is 2. The highest BCUT2D eigenvalue weighted by molar-refractivity contribution is 7.17. The van der Waals surface area contributed by atoms with Crippen LogP contribution in [0.2, 0.25) is 0 Å². The fraction of sp³-hybridized carbons (Fsp3) is 0.818. The monoisotopic (exact) mass is 465 g/mol. The van der Waals surface area contributed by atoms with Crippen LogP contribution < -0.4 is 4.90 Å². The van der Waals surface area contributed by atoms with Gasteiger partial charge in [0.15, 0.2) is 0 Å². The molecule has 4 rings (SSSR count). The first-order chi connectivity index (χ1) is 15.2. The van der Waals surface area contributed by atoms with Crippen molar-refractivity contribution in [2.24, 2.45) is 5.41 Å². The van der Waals surface area contributed by atoms with Crippen molar-refractivity contribution in [1.82, 2.24) is 20.0 Å². The number of ether oxygens (including phenoxy) is 2. The van der Waals surface area contributed by atoms with Crippen molar-refractivity contribution in [3.05, 3.63) is 5.01 Å². The minimum atomic E-state index is -0.437. The van der Waals surface area contributed by atoms with E-state index in [0.29, 0.717) is 17.7 Å². The van der Waals surface area contributed by atoms with Gasteiger partial charge in [0.05, 0.1) is 6.61 Å². The highest BCUT2D eigenvalue weighted by Crippen LogP contribution is 2.42. The topological polar surface area (TPSA) is 88.1 Å². The van der Waals surface area contributed by atoms with Crippen molar-refractivity contribution < 1.29 is 19.1 Å². The van der Waals surface area contributed by atoms with Gasteiger partial charge in [-0.25, -0.2) is 9.59 Å². The summed E-state index contributed by atoms with van der Waals surface area (Å²) in [6.45, 7) is 13.6. The maximum atomic E-state index is 12.3. The Bertz CT molecular complexity index is 815. The fourth-order valence-electron chi connectivity index (χ4n) is 4.94. The van der Waals surface area contributed by atoms with Gasteiger partial charge in [-0.1, -0.05) is 11.3 Å². The van der Waals surface area contributed by atoms with Crippen LogP contribution in [0, 0.1) is 5.41 Å². The van der Waals surface area contributed by atoms with Gasteiger partial charge >= 0.3 is 12.1 Å². The van der Waals surface area contributed by atoms with E-state index >= 15 is 0 Å². The maximum Gasteiger partial charge on any atom is 0.410 e. The Kier molecular flexibility index (Phi) is 6.63. The number of aromatic nitrogens is 2. The summed E-state index contributed by atoms with van der Waals surface area (Å²) in [5.41, 5.74) is -0.155. The molecular weight excluding hydrogens is 430 g/mol. The van der Waals surface area contributed by atoms with E-state index < -0.39 is 11.6 Å². The molecule has 3 aliphatic rings. The van der Waals surface area contributed by atoms with Gasteiger partial charge in [0.25, 0.3) is 0 Å². The minimum Gasteiger partial charge on any atom is -0.461 e. The third-order valence-corrected chi connectivity index (χ3v) is 7.64. The lowest BCUT2D eigenvalue weighted by atomic mass is 9.72. The molecule has 1 amide bonds. The lowest BCUT2D eigenvalue weighted by molar-refractivity contribution is -0.0649. The molecule has 0 atom stereocenters. The number of esters is 1. The first-order valence-corrected chi connectivity index (χ1v) is 12.5. The van der Waals surface area contributed by atoms with Crippen LogP contribution >= 0.6 is 11.3 Å². The third kappa shape index (κ3) is 5.17. The molecule has 0 aliphatic carbocycles. The first kappa shape index (κ1) is 23.2. The molecule has 4 heterocycles. The van der Waals surface area contributed by atoms with Crippen LogP contribution in [0.3, 0.4) is 0 Å². The second-order valence-electron chi connectivity index (χ2n) is 10.2. The van der Waals surface area contributed by atoms with Gasteiger partial charge < -0.3 is 24.2 Å². The molecule has 3 saturated heterocycles. The predicted octanol–water partition coefficient (Wildman–Crippen LogP) is 3.02. The molecule has 10 heteroatoms. The highest BCUT2D eigenvalue weighted by Gasteiger charge is 2.48. The Labute approximate surface area is 194 Å². The molecule has 1 aromatic rings. The maximum absolute atomic E-state index is 12.3. The zero-order valence-corrected chi connectivity index (χ0v) is 20.4. The normalized spacial score (nSPS) is 22.0. The number of anilines is 1. The molecule has 3 aliphatic heterocycles. The smallest absolute Gasteiger partial charge is 0.410 e. The quantitative estimate of drug-likeness (QED) is 0.627. The molecular formula is C22H35N5O4S. The van der Waals surface area contributed by atoms with Gasteiger partial charge in [0, 0.05) is 37.6 Å². The van der Waals surface area contributed by atoms with Crippen molar-refractivity contribution >= 4 is 28.5 Å². The second-order valence-corrected chi connectivity index (χ2v) is 11.2. The molecule has 0 N–H and O–H groups in total.